The number of ether oxygens (including phenoxy) is 2. The van der Waals surface area contributed by atoms with Crippen LogP contribution in [0.5, 0.6) is 5.75 Å². The van der Waals surface area contributed by atoms with E-state index in [9.17, 15) is 19.7 Å². The first-order valence-electron chi connectivity index (χ1n) is 15.0. The Kier molecular flexibility index (Phi) is 8.73. The van der Waals surface area contributed by atoms with Gasteiger partial charge in [0.05, 0.1) is 46.0 Å². The Labute approximate surface area is 273 Å². The van der Waals surface area contributed by atoms with E-state index in [0.29, 0.717) is 43.8 Å². The van der Waals surface area contributed by atoms with E-state index in [2.05, 4.69) is 13.8 Å². The Balaban J connectivity index is 1.54. The molecule has 0 unspecified atom stereocenters. The highest BCUT2D eigenvalue weighted by Crippen LogP contribution is 2.36. The summed E-state index contributed by atoms with van der Waals surface area (Å²) in [6.45, 7) is 6.10. The summed E-state index contributed by atoms with van der Waals surface area (Å²) in [5.74, 6) is 0.836. The number of hydrogen-bond donors (Lipinski definition) is 0. The second-order valence-electron chi connectivity index (χ2n) is 11.1. The fraction of sp³-hybridized carbons (Fsp3) is 0.194. The van der Waals surface area contributed by atoms with Crippen LogP contribution >= 0.6 is 11.3 Å². The number of esters is 1. The van der Waals surface area contributed by atoms with Gasteiger partial charge in [-0.05, 0) is 42.2 Å². The third kappa shape index (κ3) is 6.05. The zero-order valence-corrected chi connectivity index (χ0v) is 26.9. The Morgan fingerprint density at radius 1 is 1.09 bits per heavy atom. The molecule has 0 amide bonds. The summed E-state index contributed by atoms with van der Waals surface area (Å²) in [4.78, 5) is 44.1. The van der Waals surface area contributed by atoms with Crippen molar-refractivity contribution < 1.29 is 23.6 Å². The molecule has 0 saturated carbocycles. The summed E-state index contributed by atoms with van der Waals surface area (Å²) in [5, 5.41) is 11.4. The van der Waals surface area contributed by atoms with E-state index in [1.54, 1.807) is 25.1 Å². The molecule has 1 atom stereocenters. The molecule has 0 saturated heterocycles. The molecule has 3 heterocycles. The number of nitro groups is 1. The van der Waals surface area contributed by atoms with Crippen LogP contribution in [-0.4, -0.2) is 29.2 Å². The number of furan rings is 1. The summed E-state index contributed by atoms with van der Waals surface area (Å²) >= 11 is 1.18. The summed E-state index contributed by atoms with van der Waals surface area (Å²) in [6.07, 6.45) is 1.60. The van der Waals surface area contributed by atoms with Crippen molar-refractivity contribution in [2.24, 2.45) is 4.99 Å². The van der Waals surface area contributed by atoms with E-state index in [1.807, 2.05) is 54.6 Å². The highest BCUT2D eigenvalue weighted by molar-refractivity contribution is 7.07. The molecule has 3 aromatic carbocycles. The maximum absolute atomic E-state index is 14.2. The van der Waals surface area contributed by atoms with Crippen molar-refractivity contribution in [1.29, 1.82) is 0 Å². The minimum absolute atomic E-state index is 0.111. The number of carbonyl (C=O) groups is 1. The van der Waals surface area contributed by atoms with Gasteiger partial charge in [-0.2, -0.15) is 0 Å². The summed E-state index contributed by atoms with van der Waals surface area (Å²) < 4.78 is 18.9. The van der Waals surface area contributed by atoms with Crippen molar-refractivity contribution in [1.82, 2.24) is 4.57 Å². The van der Waals surface area contributed by atoms with Crippen molar-refractivity contribution in [3.63, 3.8) is 0 Å². The lowest BCUT2D eigenvalue weighted by Gasteiger charge is -2.26. The third-order valence-electron chi connectivity index (χ3n) is 7.85. The molecule has 47 heavy (non-hydrogen) atoms. The lowest BCUT2D eigenvalue weighted by atomic mass is 9.91. The fourth-order valence-corrected chi connectivity index (χ4v) is 6.51. The molecule has 1 aliphatic rings. The van der Waals surface area contributed by atoms with Gasteiger partial charge in [0.1, 0.15) is 17.3 Å². The van der Waals surface area contributed by atoms with Gasteiger partial charge in [0.2, 0.25) is 0 Å². The Morgan fingerprint density at radius 2 is 1.83 bits per heavy atom. The SMILES string of the molecule is CCOC(=O)C1=C(c2ccccc2)N=c2s/c(=C\c3ccc(-c4cc([N+](=O)[O-])ccc4OC)o3)c(=O)n2[C@H]1c1ccc(C(C)C)cc1. The van der Waals surface area contributed by atoms with Crippen LogP contribution in [0.3, 0.4) is 0 Å². The van der Waals surface area contributed by atoms with E-state index >= 15 is 0 Å². The van der Waals surface area contributed by atoms with Crippen LogP contribution < -0.4 is 19.6 Å². The minimum Gasteiger partial charge on any atom is -0.496 e. The predicted octanol–water partition coefficient (Wildman–Crippen LogP) is 6.24. The molecule has 6 rings (SSSR count). The second kappa shape index (κ2) is 13.1. The van der Waals surface area contributed by atoms with Gasteiger partial charge in [-0.1, -0.05) is 79.8 Å². The molecule has 10 nitrogen and oxygen atoms in total. The molecule has 1 aliphatic heterocycles. The number of benzene rings is 3. The number of rotatable bonds is 9. The van der Waals surface area contributed by atoms with Gasteiger partial charge < -0.3 is 13.9 Å². The number of thiazole rings is 1. The largest absolute Gasteiger partial charge is 0.496 e. The van der Waals surface area contributed by atoms with Crippen molar-refractivity contribution >= 4 is 34.8 Å². The van der Waals surface area contributed by atoms with Gasteiger partial charge in [-0.25, -0.2) is 9.79 Å². The van der Waals surface area contributed by atoms with E-state index in [4.69, 9.17) is 18.9 Å². The van der Waals surface area contributed by atoms with Crippen LogP contribution in [0.25, 0.3) is 23.1 Å². The Hall–Kier alpha value is -5.55. The number of nitrogens with zero attached hydrogens (tertiary/aromatic N) is 3. The van der Waals surface area contributed by atoms with Gasteiger partial charge in [0.25, 0.3) is 11.2 Å². The third-order valence-corrected chi connectivity index (χ3v) is 8.83. The molecule has 5 aromatic rings. The van der Waals surface area contributed by atoms with Crippen LogP contribution in [0.2, 0.25) is 0 Å². The molecule has 0 aliphatic carbocycles. The quantitative estimate of drug-likeness (QED) is 0.105. The lowest BCUT2D eigenvalue weighted by molar-refractivity contribution is -0.384. The smallest absolute Gasteiger partial charge is 0.338 e. The zero-order chi connectivity index (χ0) is 33.2. The number of fused-ring (bicyclic) bond motifs is 1. The van der Waals surface area contributed by atoms with E-state index < -0.39 is 16.9 Å². The van der Waals surface area contributed by atoms with Crippen molar-refractivity contribution in [2.75, 3.05) is 13.7 Å². The molecule has 0 spiro atoms. The minimum atomic E-state index is -0.801. The monoisotopic (exact) mass is 649 g/mol. The molecular formula is C36H31N3O7S. The summed E-state index contributed by atoms with van der Waals surface area (Å²) in [6, 6.07) is 24.0. The van der Waals surface area contributed by atoms with Gasteiger partial charge in [0.15, 0.2) is 4.80 Å². The van der Waals surface area contributed by atoms with Gasteiger partial charge in [-0.15, -0.1) is 0 Å². The van der Waals surface area contributed by atoms with Crippen LogP contribution in [-0.2, 0) is 9.53 Å². The molecule has 11 heteroatoms. The van der Waals surface area contributed by atoms with E-state index in [-0.39, 0.29) is 23.4 Å². The van der Waals surface area contributed by atoms with Gasteiger partial charge in [-0.3, -0.25) is 19.5 Å². The van der Waals surface area contributed by atoms with E-state index in [1.165, 1.54) is 41.2 Å². The van der Waals surface area contributed by atoms with Crippen LogP contribution in [0.15, 0.2) is 105 Å². The van der Waals surface area contributed by atoms with Crippen molar-refractivity contribution in [3.05, 3.63) is 143 Å². The maximum atomic E-state index is 14.2. The molecule has 0 N–H and O–H groups in total. The number of aromatic nitrogens is 1. The normalized spacial score (nSPS) is 14.6. The van der Waals surface area contributed by atoms with Gasteiger partial charge in [0, 0.05) is 23.8 Å². The number of non-ortho nitro benzene ring substituents is 1. The standard InChI is InChI=1S/C36H31N3O7S/c1-5-45-35(41)31-32(23-9-7-6-8-10-23)37-36-38(33(31)24-13-11-22(12-14-24)21(2)3)34(40)30(47-36)20-26-16-18-29(46-26)27-19-25(39(42)43)15-17-28(27)44-4/h6-21,33H,5H2,1-4H3/b30-20-/t33-/m0/s1. The molecule has 0 fully saturated rings. The highest BCUT2D eigenvalue weighted by atomic mass is 32.1. The van der Waals surface area contributed by atoms with E-state index in [0.717, 1.165) is 16.7 Å². The summed E-state index contributed by atoms with van der Waals surface area (Å²) in [5.41, 5.74) is 3.23. The Bertz CT molecular complexity index is 2190. The average molecular weight is 650 g/mol. The number of methoxy groups -OCH3 is 1. The van der Waals surface area contributed by atoms with Crippen LogP contribution in [0, 0.1) is 10.1 Å². The predicted molar refractivity (Wildman–Crippen MR) is 179 cm³/mol. The molecular weight excluding hydrogens is 618 g/mol. The van der Waals surface area contributed by atoms with Crippen molar-refractivity contribution in [3.8, 4) is 17.1 Å². The molecule has 0 bridgehead atoms. The topological polar surface area (TPSA) is 126 Å². The first-order chi connectivity index (χ1) is 22.7. The first-order valence-corrected chi connectivity index (χ1v) is 15.8. The van der Waals surface area contributed by atoms with Gasteiger partial charge >= 0.3 is 5.97 Å². The molecule has 0 radical (unpaired) electrons. The maximum Gasteiger partial charge on any atom is 0.338 e. The second-order valence-corrected chi connectivity index (χ2v) is 12.1. The molecule has 2 aromatic heterocycles. The zero-order valence-electron chi connectivity index (χ0n) is 26.1. The fourth-order valence-electron chi connectivity index (χ4n) is 5.53. The first kappa shape index (κ1) is 31.4. The number of hydrogen-bond acceptors (Lipinski definition) is 9. The lowest BCUT2D eigenvalue weighted by Crippen LogP contribution is -2.40. The number of nitro benzene ring substituents is 1. The molecule has 238 valence electrons. The Morgan fingerprint density at radius 3 is 2.49 bits per heavy atom. The van der Waals surface area contributed by atoms with Crippen molar-refractivity contribution in [2.45, 2.75) is 32.7 Å². The highest BCUT2D eigenvalue weighted by Gasteiger charge is 2.35. The number of carbonyl (C=O) groups excluding carboxylic acids is 1. The average Bonchev–Trinajstić information content (AvgIpc) is 3.67. The summed E-state index contributed by atoms with van der Waals surface area (Å²) in [7, 11) is 1.47. The van der Waals surface area contributed by atoms with Crippen LogP contribution in [0.4, 0.5) is 5.69 Å². The van der Waals surface area contributed by atoms with Crippen LogP contribution in [0.1, 0.15) is 55.2 Å².